The lowest BCUT2D eigenvalue weighted by Gasteiger charge is -2.32. The van der Waals surface area contributed by atoms with Crippen molar-refractivity contribution in [2.75, 3.05) is 6.54 Å². The summed E-state index contributed by atoms with van der Waals surface area (Å²) in [5.41, 5.74) is 2.57. The molecule has 0 aromatic heterocycles. The largest absolute Gasteiger partial charge is 0.354 e. The van der Waals surface area contributed by atoms with E-state index in [1.807, 2.05) is 74.5 Å². The van der Waals surface area contributed by atoms with Gasteiger partial charge >= 0.3 is 0 Å². The van der Waals surface area contributed by atoms with Crippen LogP contribution in [0.2, 0.25) is 0 Å². The molecular weight excluding hydrogens is 415 g/mol. The predicted octanol–water partition coefficient (Wildman–Crippen LogP) is 5.30. The topological polar surface area (TPSA) is 49.4 Å². The first-order chi connectivity index (χ1) is 15.9. The van der Waals surface area contributed by atoms with E-state index < -0.39 is 6.04 Å². The number of carbonyl (C=O) groups excluding carboxylic acids is 2. The first-order valence-corrected chi connectivity index (χ1v) is 11.3. The molecule has 0 heterocycles. The van der Waals surface area contributed by atoms with Gasteiger partial charge in [0.2, 0.25) is 11.8 Å². The molecule has 0 bridgehead atoms. The zero-order valence-corrected chi connectivity index (χ0v) is 19.2. The first-order valence-electron chi connectivity index (χ1n) is 11.3. The molecule has 5 heteroatoms. The Labute approximate surface area is 195 Å². The summed E-state index contributed by atoms with van der Waals surface area (Å²) in [5, 5.41) is 2.99. The fourth-order valence-corrected chi connectivity index (χ4v) is 3.66. The Kier molecular flexibility index (Phi) is 8.76. The van der Waals surface area contributed by atoms with Gasteiger partial charge in [-0.3, -0.25) is 9.59 Å². The molecule has 0 aliphatic carbocycles. The normalized spacial score (nSPS) is 11.8. The van der Waals surface area contributed by atoms with Crippen molar-refractivity contribution in [2.45, 2.75) is 39.3 Å². The van der Waals surface area contributed by atoms with Crippen molar-refractivity contribution in [1.82, 2.24) is 10.2 Å². The quantitative estimate of drug-likeness (QED) is 0.459. The Morgan fingerprint density at radius 1 is 0.848 bits per heavy atom. The van der Waals surface area contributed by atoms with Crippen LogP contribution in [-0.2, 0) is 22.6 Å². The van der Waals surface area contributed by atoms with Crippen LogP contribution < -0.4 is 5.32 Å². The van der Waals surface area contributed by atoms with Crippen LogP contribution in [0.3, 0.4) is 0 Å². The average Bonchev–Trinajstić information content (AvgIpc) is 2.83. The summed E-state index contributed by atoms with van der Waals surface area (Å²) in [4.78, 5) is 28.5. The lowest BCUT2D eigenvalue weighted by atomic mass is 10.0. The Morgan fingerprint density at radius 2 is 1.45 bits per heavy atom. The van der Waals surface area contributed by atoms with Crippen LogP contribution in [0.15, 0.2) is 84.9 Å². The molecule has 3 aromatic rings. The lowest BCUT2D eigenvalue weighted by molar-refractivity contribution is -0.141. The van der Waals surface area contributed by atoms with Crippen LogP contribution >= 0.6 is 0 Å². The van der Waals surface area contributed by atoms with E-state index in [0.717, 1.165) is 16.7 Å². The fourth-order valence-electron chi connectivity index (χ4n) is 3.66. The van der Waals surface area contributed by atoms with Crippen LogP contribution in [-0.4, -0.2) is 23.3 Å². The average molecular weight is 447 g/mol. The SMILES string of the molecule is CC(C)CNC(=O)C(c1ccccc1)N(Cc1ccc(F)cc1)C(=O)CCc1ccccc1. The minimum absolute atomic E-state index is 0.128. The van der Waals surface area contributed by atoms with Crippen molar-refractivity contribution in [1.29, 1.82) is 0 Å². The second kappa shape index (κ2) is 12.0. The third-order valence-corrected chi connectivity index (χ3v) is 5.42. The maximum Gasteiger partial charge on any atom is 0.247 e. The second-order valence-corrected chi connectivity index (χ2v) is 8.59. The van der Waals surface area contributed by atoms with E-state index in [2.05, 4.69) is 5.32 Å². The molecule has 172 valence electrons. The summed E-state index contributed by atoms with van der Waals surface area (Å²) in [6.45, 7) is 4.78. The van der Waals surface area contributed by atoms with E-state index in [1.54, 1.807) is 17.0 Å². The van der Waals surface area contributed by atoms with Gasteiger partial charge in [0, 0.05) is 19.5 Å². The third-order valence-electron chi connectivity index (χ3n) is 5.42. The molecule has 1 N–H and O–H groups in total. The molecule has 33 heavy (non-hydrogen) atoms. The maximum absolute atomic E-state index is 13.5. The third kappa shape index (κ3) is 7.28. The zero-order valence-electron chi connectivity index (χ0n) is 19.2. The summed E-state index contributed by atoms with van der Waals surface area (Å²) in [5.74, 6) is -0.401. The highest BCUT2D eigenvalue weighted by atomic mass is 19.1. The van der Waals surface area contributed by atoms with Crippen molar-refractivity contribution in [3.05, 3.63) is 107 Å². The van der Waals surface area contributed by atoms with Gasteiger partial charge in [0.05, 0.1) is 0 Å². The molecule has 0 radical (unpaired) electrons. The molecule has 3 rings (SSSR count). The van der Waals surface area contributed by atoms with Crippen molar-refractivity contribution in [3.63, 3.8) is 0 Å². The van der Waals surface area contributed by atoms with Gasteiger partial charge in [0.15, 0.2) is 0 Å². The van der Waals surface area contributed by atoms with Crippen molar-refractivity contribution in [2.24, 2.45) is 5.92 Å². The summed E-state index contributed by atoms with van der Waals surface area (Å²) in [6.07, 6.45) is 0.848. The van der Waals surface area contributed by atoms with Gasteiger partial charge in [-0.25, -0.2) is 4.39 Å². The number of carbonyl (C=O) groups is 2. The molecule has 0 aliphatic rings. The lowest BCUT2D eigenvalue weighted by Crippen LogP contribution is -2.44. The number of amides is 2. The molecule has 2 amide bonds. The van der Waals surface area contributed by atoms with E-state index in [9.17, 15) is 14.0 Å². The molecule has 0 saturated carbocycles. The van der Waals surface area contributed by atoms with E-state index in [-0.39, 0.29) is 36.5 Å². The van der Waals surface area contributed by atoms with Crippen LogP contribution in [0.4, 0.5) is 4.39 Å². The molecular formula is C28H31FN2O2. The van der Waals surface area contributed by atoms with Gasteiger partial charge in [-0.1, -0.05) is 86.6 Å². The number of aryl methyl sites for hydroxylation is 1. The fraction of sp³-hybridized carbons (Fsp3) is 0.286. The monoisotopic (exact) mass is 446 g/mol. The Balaban J connectivity index is 1.92. The number of rotatable bonds is 10. The number of hydrogen-bond donors (Lipinski definition) is 1. The zero-order chi connectivity index (χ0) is 23.6. The molecule has 4 nitrogen and oxygen atoms in total. The van der Waals surface area contributed by atoms with Crippen molar-refractivity contribution in [3.8, 4) is 0 Å². The molecule has 0 fully saturated rings. The van der Waals surface area contributed by atoms with E-state index >= 15 is 0 Å². The van der Waals surface area contributed by atoms with Gasteiger partial charge in [0.1, 0.15) is 11.9 Å². The minimum atomic E-state index is -0.779. The van der Waals surface area contributed by atoms with E-state index in [4.69, 9.17) is 0 Å². The van der Waals surface area contributed by atoms with Gasteiger partial charge in [0.25, 0.3) is 0 Å². The van der Waals surface area contributed by atoms with Crippen molar-refractivity contribution >= 4 is 11.8 Å². The van der Waals surface area contributed by atoms with Gasteiger partial charge in [-0.05, 0) is 41.2 Å². The van der Waals surface area contributed by atoms with E-state index in [0.29, 0.717) is 13.0 Å². The molecule has 1 atom stereocenters. The van der Waals surface area contributed by atoms with E-state index in [1.165, 1.54) is 12.1 Å². The summed E-state index contributed by atoms with van der Waals surface area (Å²) < 4.78 is 13.5. The van der Waals surface area contributed by atoms with Crippen LogP contribution in [0.5, 0.6) is 0 Å². The molecule has 0 saturated heterocycles. The van der Waals surface area contributed by atoms with Crippen LogP contribution in [0, 0.1) is 11.7 Å². The summed E-state index contributed by atoms with van der Waals surface area (Å²) in [6, 6.07) is 24.4. The van der Waals surface area contributed by atoms with Crippen molar-refractivity contribution < 1.29 is 14.0 Å². The van der Waals surface area contributed by atoms with Gasteiger partial charge < -0.3 is 10.2 Å². The number of nitrogens with one attached hydrogen (secondary N) is 1. The predicted molar refractivity (Wildman–Crippen MR) is 129 cm³/mol. The van der Waals surface area contributed by atoms with Crippen LogP contribution in [0.25, 0.3) is 0 Å². The van der Waals surface area contributed by atoms with Gasteiger partial charge in [-0.2, -0.15) is 0 Å². The number of hydrogen-bond acceptors (Lipinski definition) is 2. The Morgan fingerprint density at radius 3 is 2.06 bits per heavy atom. The highest BCUT2D eigenvalue weighted by molar-refractivity contribution is 5.88. The molecule has 3 aromatic carbocycles. The molecule has 0 aliphatic heterocycles. The Hall–Kier alpha value is -3.47. The highest BCUT2D eigenvalue weighted by Crippen LogP contribution is 2.25. The summed E-state index contributed by atoms with van der Waals surface area (Å²) >= 11 is 0. The standard InChI is InChI=1S/C28H31FN2O2/c1-21(2)19-30-28(33)27(24-11-7-4-8-12-24)31(20-23-13-16-25(29)17-14-23)26(32)18-15-22-9-5-3-6-10-22/h3-14,16-17,21,27H,15,18-20H2,1-2H3,(H,30,33). The summed E-state index contributed by atoms with van der Waals surface area (Å²) in [7, 11) is 0. The molecule has 0 spiro atoms. The number of nitrogens with zero attached hydrogens (tertiary/aromatic N) is 1. The number of benzene rings is 3. The van der Waals surface area contributed by atoms with Crippen LogP contribution in [0.1, 0.15) is 43.0 Å². The highest BCUT2D eigenvalue weighted by Gasteiger charge is 2.31. The van der Waals surface area contributed by atoms with Gasteiger partial charge in [-0.15, -0.1) is 0 Å². The Bertz CT molecular complexity index is 1020. The number of halogens is 1. The second-order valence-electron chi connectivity index (χ2n) is 8.59. The smallest absolute Gasteiger partial charge is 0.247 e. The first kappa shape index (κ1) is 24.2. The molecule has 1 unspecified atom stereocenters. The maximum atomic E-state index is 13.5. The minimum Gasteiger partial charge on any atom is -0.354 e.